The SMILES string of the molecule is COc1ccc2nc(N(Cc3ccco3)C(=O)c3ccc(OC(C)C)cc3)sc2c1. The molecular weight excluding hydrogens is 400 g/mol. The first kappa shape index (κ1) is 20.0. The lowest BCUT2D eigenvalue weighted by Gasteiger charge is -2.19. The van der Waals surface area contributed by atoms with Gasteiger partial charge in [0.25, 0.3) is 5.91 Å². The van der Waals surface area contributed by atoms with Gasteiger partial charge < -0.3 is 13.9 Å². The maximum Gasteiger partial charge on any atom is 0.260 e. The summed E-state index contributed by atoms with van der Waals surface area (Å²) >= 11 is 1.44. The van der Waals surface area contributed by atoms with Gasteiger partial charge in [-0.15, -0.1) is 0 Å². The molecule has 0 N–H and O–H groups in total. The molecule has 0 bridgehead atoms. The van der Waals surface area contributed by atoms with Crippen molar-refractivity contribution in [2.24, 2.45) is 0 Å². The highest BCUT2D eigenvalue weighted by atomic mass is 32.1. The van der Waals surface area contributed by atoms with Crippen molar-refractivity contribution >= 4 is 32.6 Å². The van der Waals surface area contributed by atoms with Crippen LogP contribution in [0.4, 0.5) is 5.13 Å². The predicted molar refractivity (Wildman–Crippen MR) is 118 cm³/mol. The highest BCUT2D eigenvalue weighted by Gasteiger charge is 2.23. The molecule has 4 aromatic rings. The Morgan fingerprint density at radius 1 is 1.13 bits per heavy atom. The number of carbonyl (C=O) groups excluding carboxylic acids is 1. The van der Waals surface area contributed by atoms with Crippen LogP contribution in [0.1, 0.15) is 30.0 Å². The number of nitrogens with zero attached hydrogens (tertiary/aromatic N) is 2. The molecule has 2 aromatic carbocycles. The van der Waals surface area contributed by atoms with Gasteiger partial charge in [0.05, 0.1) is 36.2 Å². The molecule has 2 heterocycles. The molecule has 7 heteroatoms. The number of fused-ring (bicyclic) bond motifs is 1. The van der Waals surface area contributed by atoms with Crippen molar-refractivity contribution in [3.8, 4) is 11.5 Å². The van der Waals surface area contributed by atoms with E-state index in [4.69, 9.17) is 13.9 Å². The Morgan fingerprint density at radius 2 is 1.90 bits per heavy atom. The second-order valence-corrected chi connectivity index (χ2v) is 8.00. The number of ether oxygens (including phenoxy) is 2. The second kappa shape index (κ2) is 8.59. The standard InChI is InChI=1S/C23H22N2O4S/c1-15(2)29-17-8-6-16(7-9-17)22(26)25(14-19-5-4-12-28-19)23-24-20-11-10-18(27-3)13-21(20)30-23/h4-13,15H,14H2,1-3H3. The van der Waals surface area contributed by atoms with E-state index in [9.17, 15) is 4.79 Å². The van der Waals surface area contributed by atoms with Gasteiger partial charge >= 0.3 is 0 Å². The third-order valence-corrected chi connectivity index (χ3v) is 5.47. The number of rotatable bonds is 7. The van der Waals surface area contributed by atoms with E-state index in [0.29, 0.717) is 16.5 Å². The first-order valence-corrected chi connectivity index (χ1v) is 10.4. The molecule has 154 valence electrons. The van der Waals surface area contributed by atoms with Gasteiger partial charge in [-0.25, -0.2) is 4.98 Å². The normalized spacial score (nSPS) is 11.1. The van der Waals surface area contributed by atoms with Crippen LogP contribution in [-0.4, -0.2) is 24.1 Å². The third kappa shape index (κ3) is 4.31. The molecule has 0 aliphatic rings. The molecule has 0 radical (unpaired) electrons. The van der Waals surface area contributed by atoms with E-state index in [1.807, 2.05) is 50.2 Å². The minimum Gasteiger partial charge on any atom is -0.497 e. The van der Waals surface area contributed by atoms with Crippen molar-refractivity contribution in [1.29, 1.82) is 0 Å². The summed E-state index contributed by atoms with van der Waals surface area (Å²) in [7, 11) is 1.63. The number of aromatic nitrogens is 1. The average Bonchev–Trinajstić information content (AvgIpc) is 3.40. The molecule has 0 fully saturated rings. The molecule has 6 nitrogen and oxygen atoms in total. The van der Waals surface area contributed by atoms with Crippen molar-refractivity contribution < 1.29 is 18.7 Å². The molecule has 1 amide bonds. The first-order valence-electron chi connectivity index (χ1n) is 9.59. The minimum atomic E-state index is -0.159. The van der Waals surface area contributed by atoms with Gasteiger partial charge in [-0.2, -0.15) is 0 Å². The summed E-state index contributed by atoms with van der Waals surface area (Å²) in [6, 6.07) is 16.5. The fraction of sp³-hybridized carbons (Fsp3) is 0.217. The summed E-state index contributed by atoms with van der Waals surface area (Å²) in [5.41, 5.74) is 1.36. The largest absolute Gasteiger partial charge is 0.497 e. The van der Waals surface area contributed by atoms with Gasteiger partial charge in [0, 0.05) is 5.56 Å². The molecular formula is C23H22N2O4S. The number of hydrogen-bond acceptors (Lipinski definition) is 6. The lowest BCUT2D eigenvalue weighted by Crippen LogP contribution is -2.30. The van der Waals surface area contributed by atoms with Gasteiger partial charge in [-0.05, 0) is 68.4 Å². The Kier molecular flexibility index (Phi) is 5.72. The Labute approximate surface area is 178 Å². The van der Waals surface area contributed by atoms with Crippen LogP contribution in [0.25, 0.3) is 10.2 Å². The van der Waals surface area contributed by atoms with Gasteiger partial charge in [0.1, 0.15) is 17.3 Å². The van der Waals surface area contributed by atoms with E-state index < -0.39 is 0 Å². The van der Waals surface area contributed by atoms with Crippen LogP contribution in [-0.2, 0) is 6.54 Å². The van der Waals surface area contributed by atoms with E-state index in [1.165, 1.54) is 11.3 Å². The van der Waals surface area contributed by atoms with Gasteiger partial charge in [0.2, 0.25) is 0 Å². The molecule has 2 aromatic heterocycles. The summed E-state index contributed by atoms with van der Waals surface area (Å²) in [4.78, 5) is 19.7. The quantitative estimate of drug-likeness (QED) is 0.392. The van der Waals surface area contributed by atoms with Crippen molar-refractivity contribution in [2.75, 3.05) is 12.0 Å². The van der Waals surface area contributed by atoms with Gasteiger partial charge in [-0.3, -0.25) is 9.69 Å². The van der Waals surface area contributed by atoms with Gasteiger partial charge in [-0.1, -0.05) is 11.3 Å². The summed E-state index contributed by atoms with van der Waals surface area (Å²) in [6.07, 6.45) is 1.67. The highest BCUT2D eigenvalue weighted by Crippen LogP contribution is 2.33. The number of methoxy groups -OCH3 is 1. The van der Waals surface area contributed by atoms with E-state index in [1.54, 1.807) is 36.5 Å². The summed E-state index contributed by atoms with van der Waals surface area (Å²) in [6.45, 7) is 4.21. The van der Waals surface area contributed by atoms with Crippen LogP contribution in [0.3, 0.4) is 0 Å². The predicted octanol–water partition coefficient (Wildman–Crippen LogP) is 5.53. The number of amides is 1. The first-order chi connectivity index (χ1) is 14.5. The number of anilines is 1. The van der Waals surface area contributed by atoms with Crippen molar-refractivity contribution in [3.63, 3.8) is 0 Å². The maximum atomic E-state index is 13.4. The molecule has 30 heavy (non-hydrogen) atoms. The monoisotopic (exact) mass is 422 g/mol. The zero-order valence-corrected chi connectivity index (χ0v) is 17.8. The Morgan fingerprint density at radius 3 is 2.57 bits per heavy atom. The van der Waals surface area contributed by atoms with Crippen LogP contribution >= 0.6 is 11.3 Å². The molecule has 4 rings (SSSR count). The second-order valence-electron chi connectivity index (χ2n) is 6.99. The fourth-order valence-corrected chi connectivity index (χ4v) is 4.02. The maximum absolute atomic E-state index is 13.4. The molecule has 0 spiro atoms. The summed E-state index contributed by atoms with van der Waals surface area (Å²) < 4.78 is 17.4. The average molecular weight is 423 g/mol. The van der Waals surface area contributed by atoms with E-state index in [2.05, 4.69) is 4.98 Å². The Balaban J connectivity index is 1.68. The smallest absolute Gasteiger partial charge is 0.260 e. The molecule has 0 unspecified atom stereocenters. The van der Waals surface area contributed by atoms with Crippen molar-refractivity contribution in [3.05, 3.63) is 72.2 Å². The van der Waals surface area contributed by atoms with Crippen LogP contribution in [0.5, 0.6) is 11.5 Å². The van der Waals surface area contributed by atoms with Crippen LogP contribution < -0.4 is 14.4 Å². The molecule has 0 aliphatic carbocycles. The summed E-state index contributed by atoms with van der Waals surface area (Å²) in [5, 5.41) is 0.599. The number of thiazole rings is 1. The molecule has 0 saturated carbocycles. The van der Waals surface area contributed by atoms with Crippen molar-refractivity contribution in [1.82, 2.24) is 4.98 Å². The van der Waals surface area contributed by atoms with E-state index in [-0.39, 0.29) is 18.6 Å². The molecule has 0 atom stereocenters. The Hall–Kier alpha value is -3.32. The van der Waals surface area contributed by atoms with Crippen molar-refractivity contribution in [2.45, 2.75) is 26.5 Å². The minimum absolute atomic E-state index is 0.0711. The number of furan rings is 1. The van der Waals surface area contributed by atoms with E-state index in [0.717, 1.165) is 21.7 Å². The van der Waals surface area contributed by atoms with Crippen LogP contribution in [0, 0.1) is 0 Å². The molecule has 0 saturated heterocycles. The summed E-state index contributed by atoms with van der Waals surface area (Å²) in [5.74, 6) is 2.00. The lowest BCUT2D eigenvalue weighted by molar-refractivity contribution is 0.0983. The van der Waals surface area contributed by atoms with Gasteiger partial charge in [0.15, 0.2) is 5.13 Å². The van der Waals surface area contributed by atoms with Crippen LogP contribution in [0.15, 0.2) is 65.3 Å². The number of carbonyl (C=O) groups is 1. The third-order valence-electron chi connectivity index (χ3n) is 4.43. The Bertz CT molecular complexity index is 1130. The number of hydrogen-bond donors (Lipinski definition) is 0. The zero-order valence-electron chi connectivity index (χ0n) is 17.0. The van der Waals surface area contributed by atoms with E-state index >= 15 is 0 Å². The molecule has 0 aliphatic heterocycles. The van der Waals surface area contributed by atoms with Crippen LogP contribution in [0.2, 0.25) is 0 Å². The number of benzene rings is 2. The fourth-order valence-electron chi connectivity index (χ4n) is 3.02. The highest BCUT2D eigenvalue weighted by molar-refractivity contribution is 7.22. The topological polar surface area (TPSA) is 64.8 Å². The lowest BCUT2D eigenvalue weighted by atomic mass is 10.2. The zero-order chi connectivity index (χ0) is 21.1.